The van der Waals surface area contributed by atoms with E-state index in [0.717, 1.165) is 22.6 Å². The topological polar surface area (TPSA) is 67.2 Å². The first-order valence-corrected chi connectivity index (χ1v) is 9.93. The smallest absolute Gasteiger partial charge is 0.253 e. The lowest BCUT2D eigenvalue weighted by molar-refractivity contribution is -0.116. The van der Waals surface area contributed by atoms with Crippen LogP contribution in [0.4, 0.5) is 5.69 Å². The molecule has 0 spiro atoms. The molecular weight excluding hydrogens is 360 g/mol. The fraction of sp³-hybridized carbons (Fsp3) is 0.250. The van der Waals surface area contributed by atoms with Crippen LogP contribution < -0.4 is 5.32 Å². The molecule has 0 atom stereocenters. The maximum absolute atomic E-state index is 12.6. The van der Waals surface area contributed by atoms with E-state index in [1.54, 1.807) is 50.1 Å². The van der Waals surface area contributed by atoms with Crippen molar-refractivity contribution in [1.82, 2.24) is 14.5 Å². The van der Waals surface area contributed by atoms with Crippen molar-refractivity contribution in [3.63, 3.8) is 0 Å². The van der Waals surface area contributed by atoms with E-state index in [-0.39, 0.29) is 18.4 Å². The van der Waals surface area contributed by atoms with Crippen molar-refractivity contribution >= 4 is 40.3 Å². The molecule has 0 fully saturated rings. The summed E-state index contributed by atoms with van der Waals surface area (Å²) in [6, 6.07) is 14.8. The summed E-state index contributed by atoms with van der Waals surface area (Å²) in [6.07, 6.45) is 2.01. The Balaban J connectivity index is 1.81. The average Bonchev–Trinajstić information content (AvgIpc) is 2.99. The first-order valence-electron chi connectivity index (χ1n) is 8.54. The average molecular weight is 382 g/mol. The molecule has 0 bridgehead atoms. The van der Waals surface area contributed by atoms with Crippen molar-refractivity contribution < 1.29 is 9.59 Å². The molecule has 3 rings (SSSR count). The van der Waals surface area contributed by atoms with Crippen molar-refractivity contribution in [1.29, 1.82) is 0 Å². The summed E-state index contributed by atoms with van der Waals surface area (Å²) < 4.78 is 1.94. The SMILES string of the molecule is CSCc1nc2ccccc2n1CC(=O)Nc1cccc(C(=O)N(C)C)c1. The number of fused-ring (bicyclic) bond motifs is 1. The molecule has 0 saturated heterocycles. The molecule has 1 heterocycles. The molecule has 0 aliphatic carbocycles. The van der Waals surface area contributed by atoms with Gasteiger partial charge in [0.2, 0.25) is 5.91 Å². The van der Waals surface area contributed by atoms with E-state index in [4.69, 9.17) is 0 Å². The number of amides is 2. The van der Waals surface area contributed by atoms with E-state index in [1.807, 2.05) is 35.1 Å². The van der Waals surface area contributed by atoms with Crippen LogP contribution in [0.5, 0.6) is 0 Å². The van der Waals surface area contributed by atoms with Gasteiger partial charge in [-0.1, -0.05) is 18.2 Å². The van der Waals surface area contributed by atoms with Crippen molar-refractivity contribution in [2.45, 2.75) is 12.3 Å². The lowest BCUT2D eigenvalue weighted by Crippen LogP contribution is -2.22. The van der Waals surface area contributed by atoms with Crippen LogP contribution in [0.3, 0.4) is 0 Å². The van der Waals surface area contributed by atoms with Gasteiger partial charge in [-0.05, 0) is 36.6 Å². The second-order valence-corrected chi connectivity index (χ2v) is 7.23. The van der Waals surface area contributed by atoms with E-state index in [9.17, 15) is 9.59 Å². The molecule has 27 heavy (non-hydrogen) atoms. The van der Waals surface area contributed by atoms with Crippen LogP contribution in [0.25, 0.3) is 11.0 Å². The third-order valence-electron chi connectivity index (χ3n) is 4.11. The number of nitrogens with one attached hydrogen (secondary N) is 1. The van der Waals surface area contributed by atoms with Gasteiger partial charge in [0.1, 0.15) is 12.4 Å². The van der Waals surface area contributed by atoms with Gasteiger partial charge in [-0.2, -0.15) is 11.8 Å². The molecule has 1 aromatic heterocycles. The lowest BCUT2D eigenvalue weighted by atomic mass is 10.2. The molecule has 0 aliphatic rings. The largest absolute Gasteiger partial charge is 0.345 e. The Morgan fingerprint density at radius 1 is 1.15 bits per heavy atom. The maximum atomic E-state index is 12.6. The molecule has 7 heteroatoms. The number of benzene rings is 2. The number of hydrogen-bond acceptors (Lipinski definition) is 4. The molecule has 6 nitrogen and oxygen atoms in total. The van der Waals surface area contributed by atoms with E-state index >= 15 is 0 Å². The molecular formula is C20H22N4O2S. The molecule has 0 saturated carbocycles. The van der Waals surface area contributed by atoms with Gasteiger partial charge in [0, 0.05) is 25.3 Å². The van der Waals surface area contributed by atoms with Crippen LogP contribution in [-0.2, 0) is 17.1 Å². The molecule has 0 radical (unpaired) electrons. The van der Waals surface area contributed by atoms with Crippen LogP contribution >= 0.6 is 11.8 Å². The number of carbonyl (C=O) groups is 2. The predicted molar refractivity (Wildman–Crippen MR) is 110 cm³/mol. The number of nitrogens with zero attached hydrogens (tertiary/aromatic N) is 3. The monoisotopic (exact) mass is 382 g/mol. The summed E-state index contributed by atoms with van der Waals surface area (Å²) >= 11 is 1.67. The zero-order chi connectivity index (χ0) is 19.4. The summed E-state index contributed by atoms with van der Waals surface area (Å²) in [6.45, 7) is 0.169. The van der Waals surface area contributed by atoms with Gasteiger partial charge in [-0.25, -0.2) is 4.98 Å². The zero-order valence-electron chi connectivity index (χ0n) is 15.6. The maximum Gasteiger partial charge on any atom is 0.253 e. The van der Waals surface area contributed by atoms with Gasteiger partial charge in [0.25, 0.3) is 5.91 Å². The molecule has 3 aromatic rings. The van der Waals surface area contributed by atoms with Crippen LogP contribution in [0.15, 0.2) is 48.5 Å². The van der Waals surface area contributed by atoms with Crippen molar-refractivity contribution in [3.05, 3.63) is 59.9 Å². The first-order chi connectivity index (χ1) is 13.0. The number of thioether (sulfide) groups is 1. The summed E-state index contributed by atoms with van der Waals surface area (Å²) in [5, 5.41) is 2.88. The number of anilines is 1. The van der Waals surface area contributed by atoms with Crippen LogP contribution in [0, 0.1) is 0 Å². The van der Waals surface area contributed by atoms with Crippen molar-refractivity contribution in [2.24, 2.45) is 0 Å². The Labute approximate surface area is 162 Å². The highest BCUT2D eigenvalue weighted by atomic mass is 32.2. The Kier molecular flexibility index (Phi) is 5.81. The standard InChI is InChI=1S/C20H22N4O2S/c1-23(2)20(26)14-7-6-8-15(11-14)21-19(25)12-24-17-10-5-4-9-16(17)22-18(24)13-27-3/h4-11H,12-13H2,1-3H3,(H,21,25). The van der Waals surface area contributed by atoms with E-state index < -0.39 is 0 Å². The zero-order valence-corrected chi connectivity index (χ0v) is 16.4. The van der Waals surface area contributed by atoms with Gasteiger partial charge in [-0.3, -0.25) is 9.59 Å². The van der Waals surface area contributed by atoms with Crippen LogP contribution in [0.2, 0.25) is 0 Å². The highest BCUT2D eigenvalue weighted by molar-refractivity contribution is 7.97. The van der Waals surface area contributed by atoms with Gasteiger partial charge >= 0.3 is 0 Å². The summed E-state index contributed by atoms with van der Waals surface area (Å²) in [4.78, 5) is 30.9. The molecule has 1 N–H and O–H groups in total. The Hall–Kier alpha value is -2.80. The van der Waals surface area contributed by atoms with Crippen molar-refractivity contribution in [2.75, 3.05) is 25.7 Å². The van der Waals surface area contributed by atoms with Crippen molar-refractivity contribution in [3.8, 4) is 0 Å². The van der Waals surface area contributed by atoms with Gasteiger partial charge < -0.3 is 14.8 Å². The predicted octanol–water partition coefficient (Wildman–Crippen LogP) is 3.24. The van der Waals surface area contributed by atoms with Gasteiger partial charge in [0.15, 0.2) is 0 Å². The summed E-state index contributed by atoms with van der Waals surface area (Å²) in [5.74, 6) is 1.34. The lowest BCUT2D eigenvalue weighted by Gasteiger charge is -2.12. The van der Waals surface area contributed by atoms with E-state index in [0.29, 0.717) is 11.3 Å². The number of para-hydroxylation sites is 2. The minimum absolute atomic E-state index is 0.103. The normalized spacial score (nSPS) is 10.8. The minimum Gasteiger partial charge on any atom is -0.345 e. The van der Waals surface area contributed by atoms with E-state index in [2.05, 4.69) is 10.3 Å². The second kappa shape index (κ2) is 8.26. The molecule has 0 unspecified atom stereocenters. The number of carbonyl (C=O) groups excluding carboxylic acids is 2. The quantitative estimate of drug-likeness (QED) is 0.711. The molecule has 2 aromatic carbocycles. The molecule has 0 aliphatic heterocycles. The summed E-state index contributed by atoms with van der Waals surface area (Å²) in [5.41, 5.74) is 2.96. The van der Waals surface area contributed by atoms with Gasteiger partial charge in [0.05, 0.1) is 16.8 Å². The first kappa shape index (κ1) is 19.0. The van der Waals surface area contributed by atoms with Crippen LogP contribution in [0.1, 0.15) is 16.2 Å². The number of imidazole rings is 1. The Morgan fingerprint density at radius 2 is 1.93 bits per heavy atom. The Bertz CT molecular complexity index is 981. The second-order valence-electron chi connectivity index (χ2n) is 6.36. The molecule has 140 valence electrons. The minimum atomic E-state index is -0.157. The number of rotatable bonds is 6. The Morgan fingerprint density at radius 3 is 2.67 bits per heavy atom. The summed E-state index contributed by atoms with van der Waals surface area (Å²) in [7, 11) is 3.40. The highest BCUT2D eigenvalue weighted by Crippen LogP contribution is 2.19. The van der Waals surface area contributed by atoms with Crippen LogP contribution in [-0.4, -0.2) is 46.6 Å². The molecule has 2 amide bonds. The third-order valence-corrected chi connectivity index (χ3v) is 4.66. The van der Waals surface area contributed by atoms with Gasteiger partial charge in [-0.15, -0.1) is 0 Å². The fourth-order valence-electron chi connectivity index (χ4n) is 2.87. The highest BCUT2D eigenvalue weighted by Gasteiger charge is 2.14. The fourth-order valence-corrected chi connectivity index (χ4v) is 3.35. The number of aromatic nitrogens is 2. The van der Waals surface area contributed by atoms with E-state index in [1.165, 1.54) is 4.90 Å². The third kappa shape index (κ3) is 4.31. The number of hydrogen-bond donors (Lipinski definition) is 1.